The van der Waals surface area contributed by atoms with Crippen molar-refractivity contribution in [3.8, 4) is 11.5 Å². The lowest BCUT2D eigenvalue weighted by molar-refractivity contribution is -0.131. The minimum Gasteiger partial charge on any atom is -0.493 e. The highest BCUT2D eigenvalue weighted by Crippen LogP contribution is 2.33. The first-order valence-electron chi connectivity index (χ1n) is 8.18. The largest absolute Gasteiger partial charge is 0.493 e. The van der Waals surface area contributed by atoms with E-state index >= 15 is 0 Å². The molecule has 1 saturated carbocycles. The van der Waals surface area contributed by atoms with E-state index < -0.39 is 17.8 Å². The fourth-order valence-electron chi connectivity index (χ4n) is 3.35. The van der Waals surface area contributed by atoms with E-state index in [4.69, 9.17) is 9.47 Å². The number of nitrogens with one attached hydrogen (secondary N) is 1. The molecule has 0 unspecified atom stereocenters. The van der Waals surface area contributed by atoms with Gasteiger partial charge in [-0.3, -0.25) is 19.8 Å². The molecule has 7 nitrogen and oxygen atoms in total. The highest BCUT2D eigenvalue weighted by Gasteiger charge is 2.40. The lowest BCUT2D eigenvalue weighted by Crippen LogP contribution is -2.57. The number of para-hydroxylation sites is 1. The summed E-state index contributed by atoms with van der Waals surface area (Å²) in [6.07, 6.45) is 4.91. The van der Waals surface area contributed by atoms with E-state index in [2.05, 4.69) is 5.32 Å². The number of carbonyl (C=O) groups is 3. The fourth-order valence-corrected chi connectivity index (χ4v) is 3.35. The van der Waals surface area contributed by atoms with Crippen molar-refractivity contribution in [2.45, 2.75) is 31.7 Å². The number of hydrogen-bond donors (Lipinski definition) is 1. The molecule has 3 rings (SSSR count). The van der Waals surface area contributed by atoms with E-state index in [9.17, 15) is 14.4 Å². The smallest absolute Gasteiger partial charge is 0.331 e. The van der Waals surface area contributed by atoms with Crippen molar-refractivity contribution in [3.63, 3.8) is 0 Å². The SMILES string of the molecule is COc1cccc(/C=C2\C(=O)NC(=O)N(C3CCCC3)C2=O)c1OC. The van der Waals surface area contributed by atoms with Gasteiger partial charge < -0.3 is 9.47 Å². The number of carbonyl (C=O) groups excluding carboxylic acids is 3. The van der Waals surface area contributed by atoms with Gasteiger partial charge in [0.1, 0.15) is 5.57 Å². The molecule has 2 aliphatic rings. The number of nitrogens with zero attached hydrogens (tertiary/aromatic N) is 1. The Balaban J connectivity index is 2.00. The topological polar surface area (TPSA) is 84.9 Å². The molecule has 2 fully saturated rings. The zero-order valence-electron chi connectivity index (χ0n) is 14.2. The average Bonchev–Trinajstić information content (AvgIpc) is 3.12. The van der Waals surface area contributed by atoms with Crippen LogP contribution in [-0.4, -0.2) is 43.0 Å². The number of urea groups is 1. The van der Waals surface area contributed by atoms with Crippen LogP contribution in [0.25, 0.3) is 6.08 Å². The molecule has 0 bridgehead atoms. The van der Waals surface area contributed by atoms with Crippen molar-refractivity contribution in [1.82, 2.24) is 10.2 Å². The van der Waals surface area contributed by atoms with Gasteiger partial charge in [-0.1, -0.05) is 25.0 Å². The minimum atomic E-state index is -0.700. The molecule has 0 aromatic heterocycles. The quantitative estimate of drug-likeness (QED) is 0.668. The van der Waals surface area contributed by atoms with Crippen LogP contribution in [0.4, 0.5) is 4.79 Å². The molecule has 132 valence electrons. The predicted octanol–water partition coefficient (Wildman–Crippen LogP) is 2.11. The Morgan fingerprint density at radius 3 is 2.48 bits per heavy atom. The molecular weight excluding hydrogens is 324 g/mol. The maximum atomic E-state index is 12.8. The second-order valence-corrected chi connectivity index (χ2v) is 6.01. The van der Waals surface area contributed by atoms with Crippen LogP contribution in [0.1, 0.15) is 31.2 Å². The Labute approximate surface area is 145 Å². The number of ether oxygens (including phenoxy) is 2. The monoisotopic (exact) mass is 344 g/mol. The second-order valence-electron chi connectivity index (χ2n) is 6.01. The zero-order chi connectivity index (χ0) is 18.0. The number of amides is 4. The van der Waals surface area contributed by atoms with E-state index in [1.54, 1.807) is 18.2 Å². The van der Waals surface area contributed by atoms with Gasteiger partial charge in [0.2, 0.25) is 0 Å². The van der Waals surface area contributed by atoms with Gasteiger partial charge in [-0.25, -0.2) is 4.79 Å². The summed E-state index contributed by atoms with van der Waals surface area (Å²) >= 11 is 0. The molecule has 1 aromatic rings. The van der Waals surface area contributed by atoms with Gasteiger partial charge in [0.15, 0.2) is 11.5 Å². The van der Waals surface area contributed by atoms with Crippen molar-refractivity contribution < 1.29 is 23.9 Å². The molecule has 1 heterocycles. The molecule has 25 heavy (non-hydrogen) atoms. The number of benzene rings is 1. The molecule has 1 aromatic carbocycles. The van der Waals surface area contributed by atoms with Crippen LogP contribution in [0.3, 0.4) is 0 Å². The van der Waals surface area contributed by atoms with Crippen LogP contribution in [0.2, 0.25) is 0 Å². The van der Waals surface area contributed by atoms with Crippen LogP contribution < -0.4 is 14.8 Å². The molecule has 1 saturated heterocycles. The summed E-state index contributed by atoms with van der Waals surface area (Å²) in [5, 5.41) is 2.26. The minimum absolute atomic E-state index is 0.0851. The molecular formula is C18H20N2O5. The summed E-state index contributed by atoms with van der Waals surface area (Å²) < 4.78 is 10.6. The van der Waals surface area contributed by atoms with Crippen LogP contribution in [-0.2, 0) is 9.59 Å². The summed E-state index contributed by atoms with van der Waals surface area (Å²) in [7, 11) is 2.99. The summed E-state index contributed by atoms with van der Waals surface area (Å²) in [6, 6.07) is 4.37. The standard InChI is InChI=1S/C18H20N2O5/c1-24-14-9-5-6-11(15(14)25-2)10-13-16(21)19-18(23)20(17(13)22)12-7-3-4-8-12/h5-6,9-10,12H,3-4,7-8H2,1-2H3,(H,19,21,23)/b13-10+. The van der Waals surface area contributed by atoms with Crippen molar-refractivity contribution in [2.24, 2.45) is 0 Å². The van der Waals surface area contributed by atoms with E-state index in [0.29, 0.717) is 17.1 Å². The van der Waals surface area contributed by atoms with E-state index in [1.807, 2.05) is 0 Å². The molecule has 4 amide bonds. The summed E-state index contributed by atoms with van der Waals surface area (Å²) in [6.45, 7) is 0. The average molecular weight is 344 g/mol. The van der Waals surface area contributed by atoms with Crippen molar-refractivity contribution >= 4 is 23.9 Å². The third-order valence-corrected chi connectivity index (χ3v) is 4.56. The first-order chi connectivity index (χ1) is 12.1. The number of methoxy groups -OCH3 is 2. The van der Waals surface area contributed by atoms with Gasteiger partial charge in [-0.2, -0.15) is 0 Å². The molecule has 1 aliphatic carbocycles. The van der Waals surface area contributed by atoms with Crippen LogP contribution >= 0.6 is 0 Å². The van der Waals surface area contributed by atoms with Gasteiger partial charge in [-0.05, 0) is 25.0 Å². The third-order valence-electron chi connectivity index (χ3n) is 4.56. The zero-order valence-corrected chi connectivity index (χ0v) is 14.2. The molecule has 0 atom stereocenters. The van der Waals surface area contributed by atoms with Crippen LogP contribution in [0.5, 0.6) is 11.5 Å². The maximum Gasteiger partial charge on any atom is 0.331 e. The summed E-state index contributed by atoms with van der Waals surface area (Å²) in [5.41, 5.74) is 0.444. The van der Waals surface area contributed by atoms with Crippen molar-refractivity contribution in [2.75, 3.05) is 14.2 Å². The van der Waals surface area contributed by atoms with E-state index in [-0.39, 0.29) is 11.6 Å². The third kappa shape index (κ3) is 3.09. The highest BCUT2D eigenvalue weighted by molar-refractivity contribution is 6.31. The number of imide groups is 2. The lowest BCUT2D eigenvalue weighted by Gasteiger charge is -2.31. The van der Waals surface area contributed by atoms with Crippen LogP contribution in [0.15, 0.2) is 23.8 Å². The molecule has 1 N–H and O–H groups in total. The van der Waals surface area contributed by atoms with E-state index in [0.717, 1.165) is 25.7 Å². The van der Waals surface area contributed by atoms with Gasteiger partial charge in [0.05, 0.1) is 14.2 Å². The van der Waals surface area contributed by atoms with E-state index in [1.165, 1.54) is 25.2 Å². The number of barbiturate groups is 1. The summed E-state index contributed by atoms with van der Waals surface area (Å²) in [5.74, 6) is -0.355. The number of rotatable bonds is 4. The normalized spacial score (nSPS) is 20.2. The fraction of sp³-hybridized carbons (Fsp3) is 0.389. The first kappa shape index (κ1) is 17.0. The number of hydrogen-bond acceptors (Lipinski definition) is 5. The van der Waals surface area contributed by atoms with Gasteiger partial charge in [0.25, 0.3) is 11.8 Å². The molecule has 0 spiro atoms. The van der Waals surface area contributed by atoms with Crippen molar-refractivity contribution in [1.29, 1.82) is 0 Å². The van der Waals surface area contributed by atoms with Crippen molar-refractivity contribution in [3.05, 3.63) is 29.3 Å². The lowest BCUT2D eigenvalue weighted by atomic mass is 10.0. The summed E-state index contributed by atoms with van der Waals surface area (Å²) in [4.78, 5) is 38.3. The maximum absolute atomic E-state index is 12.8. The Hall–Kier alpha value is -2.83. The van der Waals surface area contributed by atoms with Gasteiger partial charge >= 0.3 is 6.03 Å². The Morgan fingerprint density at radius 2 is 1.84 bits per heavy atom. The van der Waals surface area contributed by atoms with Crippen LogP contribution in [0, 0.1) is 0 Å². The Morgan fingerprint density at radius 1 is 1.12 bits per heavy atom. The molecule has 7 heteroatoms. The molecule has 0 radical (unpaired) electrons. The van der Waals surface area contributed by atoms with Gasteiger partial charge in [-0.15, -0.1) is 0 Å². The van der Waals surface area contributed by atoms with Gasteiger partial charge in [0, 0.05) is 11.6 Å². The highest BCUT2D eigenvalue weighted by atomic mass is 16.5. The second kappa shape index (κ2) is 6.96. The predicted molar refractivity (Wildman–Crippen MR) is 90.2 cm³/mol. The Kier molecular flexibility index (Phi) is 4.74. The molecule has 1 aliphatic heterocycles. The first-order valence-corrected chi connectivity index (χ1v) is 8.18. The Bertz CT molecular complexity index is 750.